The van der Waals surface area contributed by atoms with Gasteiger partial charge in [-0.15, -0.1) is 0 Å². The number of hydrogen-bond donors (Lipinski definition) is 1. The SMILES string of the molecule is C[C@@H]1CCCN(c2nc(Cl)nc(N)c2[N+](=O)[O-])C1. The molecule has 0 aliphatic carbocycles. The zero-order valence-electron chi connectivity index (χ0n) is 9.97. The van der Waals surface area contributed by atoms with Gasteiger partial charge in [0.15, 0.2) is 0 Å². The van der Waals surface area contributed by atoms with Crippen molar-refractivity contribution in [2.45, 2.75) is 19.8 Å². The minimum atomic E-state index is -0.555. The van der Waals surface area contributed by atoms with Crippen molar-refractivity contribution in [3.05, 3.63) is 15.4 Å². The second-order valence-corrected chi connectivity index (χ2v) is 4.84. The molecule has 0 unspecified atom stereocenters. The molecule has 0 radical (unpaired) electrons. The van der Waals surface area contributed by atoms with Gasteiger partial charge in [-0.1, -0.05) is 6.92 Å². The van der Waals surface area contributed by atoms with Gasteiger partial charge in [0.1, 0.15) is 0 Å². The largest absolute Gasteiger partial charge is 0.378 e. The quantitative estimate of drug-likeness (QED) is 0.501. The fraction of sp³-hybridized carbons (Fsp3) is 0.600. The Balaban J connectivity index is 2.44. The van der Waals surface area contributed by atoms with Gasteiger partial charge in [0.05, 0.1) is 4.92 Å². The van der Waals surface area contributed by atoms with Crippen LogP contribution in [-0.4, -0.2) is 28.0 Å². The number of halogens is 1. The fourth-order valence-corrected chi connectivity index (χ4v) is 2.38. The average molecular weight is 272 g/mol. The van der Waals surface area contributed by atoms with Crippen molar-refractivity contribution < 1.29 is 4.92 Å². The zero-order valence-corrected chi connectivity index (χ0v) is 10.7. The Hall–Kier alpha value is -1.63. The van der Waals surface area contributed by atoms with Gasteiger partial charge in [-0.25, -0.2) is 0 Å². The van der Waals surface area contributed by atoms with Gasteiger partial charge < -0.3 is 10.6 Å². The predicted molar refractivity (Wildman–Crippen MR) is 68.7 cm³/mol. The van der Waals surface area contributed by atoms with Crippen molar-refractivity contribution in [1.29, 1.82) is 0 Å². The van der Waals surface area contributed by atoms with Crippen LogP contribution in [0.15, 0.2) is 0 Å². The van der Waals surface area contributed by atoms with E-state index >= 15 is 0 Å². The highest BCUT2D eigenvalue weighted by atomic mass is 35.5. The van der Waals surface area contributed by atoms with Gasteiger partial charge in [-0.05, 0) is 30.4 Å². The van der Waals surface area contributed by atoms with E-state index in [-0.39, 0.29) is 22.6 Å². The lowest BCUT2D eigenvalue weighted by atomic mass is 10.0. The lowest BCUT2D eigenvalue weighted by Crippen LogP contribution is -2.35. The molecule has 2 N–H and O–H groups in total. The predicted octanol–water partition coefficient (Wildman–Crippen LogP) is 1.86. The van der Waals surface area contributed by atoms with Crippen LogP contribution in [0.1, 0.15) is 19.8 Å². The summed E-state index contributed by atoms with van der Waals surface area (Å²) >= 11 is 5.73. The normalized spacial score (nSPS) is 19.9. The minimum Gasteiger partial charge on any atom is -0.378 e. The number of aromatic nitrogens is 2. The average Bonchev–Trinajstić information content (AvgIpc) is 2.27. The highest BCUT2D eigenvalue weighted by Gasteiger charge is 2.29. The third-order valence-electron chi connectivity index (χ3n) is 3.00. The molecular weight excluding hydrogens is 258 g/mol. The molecule has 0 amide bonds. The maximum atomic E-state index is 11.1. The molecule has 2 rings (SSSR count). The van der Waals surface area contributed by atoms with Crippen molar-refractivity contribution in [2.75, 3.05) is 23.7 Å². The first kappa shape index (κ1) is 12.8. The first-order valence-electron chi connectivity index (χ1n) is 5.71. The van der Waals surface area contributed by atoms with Gasteiger partial charge in [0, 0.05) is 13.1 Å². The van der Waals surface area contributed by atoms with Crippen LogP contribution in [0.4, 0.5) is 17.3 Å². The van der Waals surface area contributed by atoms with E-state index in [0.717, 1.165) is 19.4 Å². The molecule has 0 aromatic carbocycles. The number of nitrogen functional groups attached to an aromatic ring is 1. The molecule has 1 aliphatic heterocycles. The van der Waals surface area contributed by atoms with Crippen LogP contribution < -0.4 is 10.6 Å². The van der Waals surface area contributed by atoms with Crippen LogP contribution in [0.5, 0.6) is 0 Å². The molecule has 0 spiro atoms. The van der Waals surface area contributed by atoms with Crippen molar-refractivity contribution in [2.24, 2.45) is 5.92 Å². The summed E-state index contributed by atoms with van der Waals surface area (Å²) < 4.78 is 0. The Bertz CT molecular complexity index is 482. The van der Waals surface area contributed by atoms with Crippen LogP contribution in [-0.2, 0) is 0 Å². The number of nitrogens with zero attached hydrogens (tertiary/aromatic N) is 4. The van der Waals surface area contributed by atoms with Gasteiger partial charge in [0.2, 0.25) is 16.9 Å². The standard InChI is InChI=1S/C10H14ClN5O2/c1-6-3-2-4-15(5-6)9-7(16(17)18)8(12)13-10(11)14-9/h6H,2-5H2,1H3,(H2,12,13,14)/t6-/m1/s1. The Morgan fingerprint density at radius 3 is 2.89 bits per heavy atom. The van der Waals surface area contributed by atoms with Crippen LogP contribution in [0.2, 0.25) is 5.28 Å². The summed E-state index contributed by atoms with van der Waals surface area (Å²) in [5.41, 5.74) is 5.30. The second-order valence-electron chi connectivity index (χ2n) is 4.50. The van der Waals surface area contributed by atoms with Gasteiger partial charge in [0.25, 0.3) is 0 Å². The monoisotopic (exact) mass is 271 g/mol. The molecule has 2 heterocycles. The van der Waals surface area contributed by atoms with Crippen molar-refractivity contribution >= 4 is 28.9 Å². The van der Waals surface area contributed by atoms with E-state index in [1.807, 2.05) is 4.90 Å². The van der Waals surface area contributed by atoms with Gasteiger partial charge in [-0.2, -0.15) is 9.97 Å². The molecule has 1 aliphatic rings. The first-order valence-corrected chi connectivity index (χ1v) is 6.09. The van der Waals surface area contributed by atoms with Crippen molar-refractivity contribution in [1.82, 2.24) is 9.97 Å². The Morgan fingerprint density at radius 2 is 2.28 bits per heavy atom. The summed E-state index contributed by atoms with van der Waals surface area (Å²) in [6, 6.07) is 0. The van der Waals surface area contributed by atoms with Crippen molar-refractivity contribution in [3.63, 3.8) is 0 Å². The van der Waals surface area contributed by atoms with Gasteiger partial charge >= 0.3 is 5.69 Å². The Labute approximate surface area is 109 Å². The topological polar surface area (TPSA) is 98.2 Å². The van der Waals surface area contributed by atoms with Crippen LogP contribution >= 0.6 is 11.6 Å². The van der Waals surface area contributed by atoms with E-state index in [2.05, 4.69) is 16.9 Å². The molecule has 0 saturated carbocycles. The zero-order chi connectivity index (χ0) is 13.3. The Morgan fingerprint density at radius 1 is 1.56 bits per heavy atom. The second kappa shape index (κ2) is 4.93. The van der Waals surface area contributed by atoms with Crippen LogP contribution in [0.3, 0.4) is 0 Å². The number of rotatable bonds is 2. The van der Waals surface area contributed by atoms with Crippen molar-refractivity contribution in [3.8, 4) is 0 Å². The van der Waals surface area contributed by atoms with E-state index in [9.17, 15) is 10.1 Å². The summed E-state index contributed by atoms with van der Waals surface area (Å²) in [7, 11) is 0. The molecule has 98 valence electrons. The van der Waals surface area contributed by atoms with E-state index < -0.39 is 4.92 Å². The molecule has 1 saturated heterocycles. The van der Waals surface area contributed by atoms with Gasteiger partial charge in [-0.3, -0.25) is 10.1 Å². The third-order valence-corrected chi connectivity index (χ3v) is 3.17. The molecule has 1 aromatic heterocycles. The summed E-state index contributed by atoms with van der Waals surface area (Å²) in [6.45, 7) is 3.54. The highest BCUT2D eigenvalue weighted by molar-refractivity contribution is 6.28. The molecule has 1 atom stereocenters. The molecule has 1 aromatic rings. The molecule has 0 bridgehead atoms. The van der Waals surface area contributed by atoms with E-state index in [0.29, 0.717) is 12.5 Å². The highest BCUT2D eigenvalue weighted by Crippen LogP contribution is 2.34. The summed E-state index contributed by atoms with van der Waals surface area (Å²) in [4.78, 5) is 20.0. The number of piperidine rings is 1. The van der Waals surface area contributed by atoms with E-state index in [1.54, 1.807) is 0 Å². The van der Waals surface area contributed by atoms with Crippen LogP contribution in [0.25, 0.3) is 0 Å². The summed E-state index contributed by atoms with van der Waals surface area (Å²) in [5, 5.41) is 11.0. The lowest BCUT2D eigenvalue weighted by molar-refractivity contribution is -0.383. The molecule has 1 fully saturated rings. The number of nitrogens with two attached hydrogens (primary N) is 1. The lowest BCUT2D eigenvalue weighted by Gasteiger charge is -2.31. The molecule has 7 nitrogen and oxygen atoms in total. The molecular formula is C10H14ClN5O2. The number of anilines is 2. The summed E-state index contributed by atoms with van der Waals surface area (Å²) in [6.07, 6.45) is 2.08. The molecule has 18 heavy (non-hydrogen) atoms. The fourth-order valence-electron chi connectivity index (χ4n) is 2.21. The van der Waals surface area contributed by atoms with Crippen LogP contribution in [0, 0.1) is 16.0 Å². The number of hydrogen-bond acceptors (Lipinski definition) is 6. The molecule has 8 heteroatoms. The van der Waals surface area contributed by atoms with E-state index in [4.69, 9.17) is 17.3 Å². The van der Waals surface area contributed by atoms with E-state index in [1.165, 1.54) is 0 Å². The number of nitro groups is 1. The third kappa shape index (κ3) is 2.45. The maximum absolute atomic E-state index is 11.1. The first-order chi connectivity index (χ1) is 8.49. The summed E-state index contributed by atoms with van der Waals surface area (Å²) in [5.74, 6) is 0.505. The minimum absolute atomic E-state index is 0.0636. The Kier molecular flexibility index (Phi) is 3.51. The maximum Gasteiger partial charge on any atom is 0.353 e. The smallest absolute Gasteiger partial charge is 0.353 e.